The topological polar surface area (TPSA) is 88.4 Å². The predicted octanol–water partition coefficient (Wildman–Crippen LogP) is 4.55. The summed E-state index contributed by atoms with van der Waals surface area (Å²) in [5.41, 5.74) is 3.52. The summed E-state index contributed by atoms with van der Waals surface area (Å²) in [6.07, 6.45) is 2.93. The first-order valence-corrected chi connectivity index (χ1v) is 11.3. The molecular weight excluding hydrogens is 424 g/mol. The van der Waals surface area contributed by atoms with E-state index < -0.39 is 11.0 Å². The predicted molar refractivity (Wildman–Crippen MR) is 120 cm³/mol. The number of fused-ring (bicyclic) bond motifs is 1. The molecule has 6 nitrogen and oxygen atoms in total. The zero-order chi connectivity index (χ0) is 22.1. The van der Waals surface area contributed by atoms with Crippen molar-refractivity contribution in [3.8, 4) is 23.3 Å². The summed E-state index contributed by atoms with van der Waals surface area (Å²) < 4.78 is 26.6. The maximum atomic E-state index is 11.9. The molecule has 1 amide bonds. The van der Waals surface area contributed by atoms with Crippen molar-refractivity contribution in [2.45, 2.75) is 18.9 Å². The van der Waals surface area contributed by atoms with Crippen LogP contribution in [0.3, 0.4) is 0 Å². The largest absolute Gasteiger partial charge is 0.486 e. The number of ether oxygens (including phenoxy) is 2. The Kier molecular flexibility index (Phi) is 5.21. The molecule has 1 N–H and O–H groups in total. The summed E-state index contributed by atoms with van der Waals surface area (Å²) in [5, 5.41) is 8.95. The Morgan fingerprint density at radius 2 is 1.75 bits per heavy atom. The summed E-state index contributed by atoms with van der Waals surface area (Å²) >= 11 is 0. The smallest absolute Gasteiger partial charge is 0.257 e. The maximum absolute atomic E-state index is 11.9. The van der Waals surface area contributed by atoms with E-state index in [9.17, 15) is 9.00 Å². The lowest BCUT2D eigenvalue weighted by Crippen LogP contribution is -2.16. The van der Waals surface area contributed by atoms with Crippen molar-refractivity contribution in [3.05, 3.63) is 95.1 Å². The molecule has 0 saturated heterocycles. The van der Waals surface area contributed by atoms with Crippen LogP contribution in [0.25, 0.3) is 4.91 Å². The van der Waals surface area contributed by atoms with E-state index in [0.29, 0.717) is 22.0 Å². The second-order valence-electron chi connectivity index (χ2n) is 7.48. The van der Waals surface area contributed by atoms with Crippen molar-refractivity contribution >= 4 is 21.8 Å². The van der Waals surface area contributed by atoms with Gasteiger partial charge in [-0.05, 0) is 66.4 Å². The molecule has 5 rings (SSSR count). The Hall–Kier alpha value is -3.89. The van der Waals surface area contributed by atoms with E-state index in [1.165, 1.54) is 6.08 Å². The van der Waals surface area contributed by atoms with E-state index in [1.54, 1.807) is 36.4 Å². The number of carbonyl (C=O) groups excluding carboxylic acids is 1. The number of nitrogens with zero attached hydrogens (tertiary/aromatic N) is 1. The van der Waals surface area contributed by atoms with Gasteiger partial charge in [0, 0.05) is 11.6 Å². The van der Waals surface area contributed by atoms with Crippen LogP contribution in [-0.2, 0) is 22.2 Å². The minimum Gasteiger partial charge on any atom is -0.486 e. The summed E-state index contributed by atoms with van der Waals surface area (Å²) in [5.74, 6) is 1.83. The van der Waals surface area contributed by atoms with E-state index in [0.717, 1.165) is 35.3 Å². The van der Waals surface area contributed by atoms with Crippen LogP contribution in [0.15, 0.2) is 72.8 Å². The van der Waals surface area contributed by atoms with Crippen LogP contribution in [0, 0.1) is 11.3 Å². The Morgan fingerprint density at radius 1 is 1.00 bits per heavy atom. The fraction of sp³-hybridized carbons (Fsp3) is 0.120. The first-order valence-electron chi connectivity index (χ1n) is 10.1. The molecule has 158 valence electrons. The average Bonchev–Trinajstić information content (AvgIpc) is 3.38. The van der Waals surface area contributed by atoms with Crippen molar-refractivity contribution < 1.29 is 18.5 Å². The minimum atomic E-state index is -1.51. The van der Waals surface area contributed by atoms with Crippen molar-refractivity contribution in [2.75, 3.05) is 0 Å². The average molecular weight is 442 g/mol. The van der Waals surface area contributed by atoms with Gasteiger partial charge >= 0.3 is 0 Å². The molecule has 1 heterocycles. The van der Waals surface area contributed by atoms with Crippen molar-refractivity contribution in [3.63, 3.8) is 0 Å². The lowest BCUT2D eigenvalue weighted by molar-refractivity contribution is -0.114. The lowest BCUT2D eigenvalue weighted by atomic mass is 10.1. The Bertz CT molecular complexity index is 1290. The molecule has 1 aliphatic heterocycles. The number of hydrogen-bond acceptors (Lipinski definition) is 5. The number of carbonyl (C=O) groups is 1. The van der Waals surface area contributed by atoms with Crippen LogP contribution in [0.4, 0.5) is 0 Å². The fourth-order valence-electron chi connectivity index (χ4n) is 3.93. The van der Waals surface area contributed by atoms with E-state index >= 15 is 0 Å². The summed E-state index contributed by atoms with van der Waals surface area (Å²) in [6.45, 7) is 0. The van der Waals surface area contributed by atoms with Crippen LogP contribution in [0.2, 0.25) is 0 Å². The highest BCUT2D eigenvalue weighted by Gasteiger charge is 2.27. The summed E-state index contributed by atoms with van der Waals surface area (Å²) in [7, 11) is -1.51. The Labute approximate surface area is 187 Å². The van der Waals surface area contributed by atoms with Gasteiger partial charge in [0.25, 0.3) is 5.91 Å². The lowest BCUT2D eigenvalue weighted by Gasteiger charge is -2.16. The van der Waals surface area contributed by atoms with E-state index in [4.69, 9.17) is 14.7 Å². The first kappa shape index (κ1) is 20.0. The normalized spacial score (nSPS) is 19.0. The third-order valence-corrected chi connectivity index (χ3v) is 6.60. The van der Waals surface area contributed by atoms with Crippen LogP contribution < -0.4 is 14.2 Å². The molecule has 3 aromatic rings. The zero-order valence-corrected chi connectivity index (χ0v) is 17.7. The van der Waals surface area contributed by atoms with Crippen LogP contribution in [-0.4, -0.2) is 10.1 Å². The number of rotatable bonds is 5. The molecule has 0 bridgehead atoms. The molecule has 0 fully saturated rings. The highest BCUT2D eigenvalue weighted by molar-refractivity contribution is 7.93. The second-order valence-corrected chi connectivity index (χ2v) is 8.66. The highest BCUT2D eigenvalue weighted by atomic mass is 32.2. The third-order valence-electron chi connectivity index (χ3n) is 5.46. The molecule has 2 atom stereocenters. The minimum absolute atomic E-state index is 0.0940. The molecule has 0 spiro atoms. The van der Waals surface area contributed by atoms with Crippen LogP contribution in [0.5, 0.6) is 17.2 Å². The first-order chi connectivity index (χ1) is 15.6. The van der Waals surface area contributed by atoms with Gasteiger partial charge in [-0.1, -0.05) is 24.3 Å². The number of hydrogen-bond donors (Lipinski definition) is 1. The van der Waals surface area contributed by atoms with Gasteiger partial charge in [0.1, 0.15) is 23.4 Å². The van der Waals surface area contributed by atoms with E-state index in [-0.39, 0.29) is 12.0 Å². The highest BCUT2D eigenvalue weighted by Crippen LogP contribution is 2.41. The number of amides is 1. The molecule has 0 radical (unpaired) electrons. The molecule has 7 heteroatoms. The van der Waals surface area contributed by atoms with Gasteiger partial charge in [0.2, 0.25) is 0 Å². The number of nitriles is 1. The molecule has 2 aliphatic rings. The maximum Gasteiger partial charge on any atom is 0.257 e. The van der Waals surface area contributed by atoms with Gasteiger partial charge in [-0.3, -0.25) is 9.52 Å². The van der Waals surface area contributed by atoms with Crippen molar-refractivity contribution in [2.24, 2.45) is 0 Å². The summed E-state index contributed by atoms with van der Waals surface area (Å²) in [4.78, 5) is 11.9. The van der Waals surface area contributed by atoms with Gasteiger partial charge in [-0.25, -0.2) is 4.21 Å². The monoisotopic (exact) mass is 442 g/mol. The zero-order valence-electron chi connectivity index (χ0n) is 16.9. The summed E-state index contributed by atoms with van der Waals surface area (Å²) in [6, 6.07) is 22.4. The molecule has 3 aromatic carbocycles. The third kappa shape index (κ3) is 3.88. The van der Waals surface area contributed by atoms with Gasteiger partial charge < -0.3 is 9.47 Å². The van der Waals surface area contributed by atoms with Gasteiger partial charge in [0.05, 0.1) is 16.5 Å². The fourth-order valence-corrected chi connectivity index (χ4v) is 4.84. The van der Waals surface area contributed by atoms with E-state index in [2.05, 4.69) is 16.9 Å². The van der Waals surface area contributed by atoms with Gasteiger partial charge in [-0.2, -0.15) is 5.26 Å². The molecule has 32 heavy (non-hydrogen) atoms. The SMILES string of the molecule is N#Cc1ccc(Oc2cccc3c2CC[C@H]3Oc2ccc(C3=CC(=O)NS3=O)cc2)cc1. The molecule has 0 aromatic heterocycles. The van der Waals surface area contributed by atoms with Crippen molar-refractivity contribution in [1.29, 1.82) is 5.26 Å². The van der Waals surface area contributed by atoms with Crippen LogP contribution >= 0.6 is 0 Å². The van der Waals surface area contributed by atoms with E-state index in [1.807, 2.05) is 24.3 Å². The number of nitrogens with one attached hydrogen (secondary N) is 1. The Balaban J connectivity index is 1.32. The molecule has 0 saturated carbocycles. The Morgan fingerprint density at radius 3 is 2.44 bits per heavy atom. The van der Waals surface area contributed by atoms with Crippen molar-refractivity contribution in [1.82, 2.24) is 4.72 Å². The van der Waals surface area contributed by atoms with Crippen LogP contribution in [0.1, 0.15) is 34.8 Å². The molecular formula is C25H18N2O4S. The second kappa shape index (κ2) is 8.33. The number of benzene rings is 3. The standard InChI is InChI=1S/C25H18N2O4S/c26-15-16-4-8-18(9-5-16)30-22-3-1-2-20-21(22)12-13-23(20)31-19-10-6-17(7-11-19)24-14-25(28)27-32(24)29/h1-11,14,23H,12-13H2,(H,27,28)/t23-,32?/m1/s1. The quantitative estimate of drug-likeness (QED) is 0.626. The van der Waals surface area contributed by atoms with Gasteiger partial charge in [-0.15, -0.1) is 0 Å². The van der Waals surface area contributed by atoms with Gasteiger partial charge in [0.15, 0.2) is 11.0 Å². The molecule has 1 aliphatic carbocycles. The molecule has 1 unspecified atom stereocenters.